The van der Waals surface area contributed by atoms with E-state index in [-0.39, 0.29) is 0 Å². The van der Waals surface area contributed by atoms with Crippen molar-refractivity contribution in [1.82, 2.24) is 4.98 Å². The van der Waals surface area contributed by atoms with Crippen molar-refractivity contribution in [2.24, 2.45) is 0 Å². The number of alkyl halides is 1. The molecule has 0 aliphatic heterocycles. The number of rotatable bonds is 1. The Morgan fingerprint density at radius 1 is 1.46 bits per heavy atom. The van der Waals surface area contributed by atoms with Gasteiger partial charge in [0.1, 0.15) is 0 Å². The van der Waals surface area contributed by atoms with E-state index < -0.39 is 0 Å². The second kappa shape index (κ2) is 3.67. The molecule has 1 aromatic rings. The molecule has 1 aliphatic rings. The van der Waals surface area contributed by atoms with Crippen molar-refractivity contribution in [3.63, 3.8) is 0 Å². The topological polar surface area (TPSA) is 12.9 Å². The Kier molecular flexibility index (Phi) is 2.54. The second-order valence-corrected chi connectivity index (χ2v) is 4.35. The Bertz CT molecular complexity index is 298. The van der Waals surface area contributed by atoms with Crippen LogP contribution in [0.3, 0.4) is 0 Å². The van der Waals surface area contributed by atoms with Gasteiger partial charge in [0, 0.05) is 23.7 Å². The number of halogens is 1. The molecule has 1 nitrogen and oxygen atoms in total. The van der Waals surface area contributed by atoms with Crippen molar-refractivity contribution in [2.75, 3.05) is 0 Å². The summed E-state index contributed by atoms with van der Waals surface area (Å²) in [5.74, 6) is 0.537. The molecule has 0 radical (unpaired) electrons. The van der Waals surface area contributed by atoms with Crippen molar-refractivity contribution in [2.45, 2.75) is 37.5 Å². The van der Waals surface area contributed by atoms with E-state index >= 15 is 0 Å². The summed E-state index contributed by atoms with van der Waals surface area (Å²) in [5.41, 5.74) is 2.67. The maximum atomic E-state index is 6.26. The normalized spacial score (nSPS) is 27.8. The molecule has 2 heteroatoms. The lowest BCUT2D eigenvalue weighted by Crippen LogP contribution is -2.06. The highest BCUT2D eigenvalue weighted by molar-refractivity contribution is 6.21. The van der Waals surface area contributed by atoms with Gasteiger partial charge in [0.2, 0.25) is 0 Å². The van der Waals surface area contributed by atoms with E-state index in [4.69, 9.17) is 11.6 Å². The maximum absolute atomic E-state index is 6.26. The van der Waals surface area contributed by atoms with Crippen LogP contribution in [-0.4, -0.2) is 10.4 Å². The van der Waals surface area contributed by atoms with Gasteiger partial charge in [-0.15, -0.1) is 11.6 Å². The van der Waals surface area contributed by atoms with Crippen molar-refractivity contribution < 1.29 is 0 Å². The van der Waals surface area contributed by atoms with E-state index in [1.807, 2.05) is 12.4 Å². The van der Waals surface area contributed by atoms with E-state index in [2.05, 4.69) is 18.0 Å². The van der Waals surface area contributed by atoms with Crippen LogP contribution in [0.25, 0.3) is 0 Å². The lowest BCUT2D eigenvalue weighted by atomic mass is 9.95. The average molecular weight is 196 g/mol. The first-order valence-electron chi connectivity index (χ1n) is 4.83. The minimum absolute atomic E-state index is 0.322. The fourth-order valence-corrected chi connectivity index (χ4v) is 2.55. The first kappa shape index (κ1) is 9.01. The van der Waals surface area contributed by atoms with Crippen molar-refractivity contribution in [3.05, 3.63) is 29.6 Å². The molecule has 70 valence electrons. The fraction of sp³-hybridized carbons (Fsp3) is 0.545. The maximum Gasteiger partial charge on any atom is 0.0405 e. The molecular formula is C11H14ClN. The molecule has 1 fully saturated rings. The number of aryl methyl sites for hydroxylation is 1. The van der Waals surface area contributed by atoms with Gasteiger partial charge in [-0.25, -0.2) is 0 Å². The van der Waals surface area contributed by atoms with Crippen LogP contribution in [0.2, 0.25) is 0 Å². The Labute approximate surface area is 84.1 Å². The smallest absolute Gasteiger partial charge is 0.0405 e. The Morgan fingerprint density at radius 2 is 2.31 bits per heavy atom. The number of hydrogen-bond donors (Lipinski definition) is 0. The van der Waals surface area contributed by atoms with Crippen LogP contribution in [0.1, 0.15) is 36.3 Å². The van der Waals surface area contributed by atoms with E-state index in [1.165, 1.54) is 24.0 Å². The molecule has 0 spiro atoms. The molecule has 2 unspecified atom stereocenters. The van der Waals surface area contributed by atoms with Crippen LogP contribution >= 0.6 is 11.6 Å². The fourth-order valence-electron chi connectivity index (χ4n) is 2.13. The van der Waals surface area contributed by atoms with Gasteiger partial charge in [-0.3, -0.25) is 4.98 Å². The quantitative estimate of drug-likeness (QED) is 0.627. The molecule has 1 aromatic heterocycles. The number of nitrogens with zero attached hydrogens (tertiary/aromatic N) is 1. The number of aromatic nitrogens is 1. The monoisotopic (exact) mass is 195 g/mol. The third-order valence-electron chi connectivity index (χ3n) is 2.91. The van der Waals surface area contributed by atoms with Crippen LogP contribution in [-0.2, 0) is 0 Å². The summed E-state index contributed by atoms with van der Waals surface area (Å²) in [4.78, 5) is 4.17. The predicted molar refractivity (Wildman–Crippen MR) is 55.2 cm³/mol. The first-order valence-corrected chi connectivity index (χ1v) is 5.27. The summed E-state index contributed by atoms with van der Waals surface area (Å²) in [5, 5.41) is 0.322. The Morgan fingerprint density at radius 3 is 2.92 bits per heavy atom. The highest BCUT2D eigenvalue weighted by Gasteiger charge is 2.27. The van der Waals surface area contributed by atoms with Gasteiger partial charge in [-0.2, -0.15) is 0 Å². The van der Waals surface area contributed by atoms with Gasteiger partial charge >= 0.3 is 0 Å². The third kappa shape index (κ3) is 1.71. The lowest BCUT2D eigenvalue weighted by Gasteiger charge is -2.15. The molecule has 13 heavy (non-hydrogen) atoms. The zero-order valence-corrected chi connectivity index (χ0v) is 8.59. The molecule has 0 bridgehead atoms. The van der Waals surface area contributed by atoms with E-state index in [9.17, 15) is 0 Å². The average Bonchev–Trinajstić information content (AvgIpc) is 2.52. The van der Waals surface area contributed by atoms with Crippen molar-refractivity contribution in [3.8, 4) is 0 Å². The molecule has 1 heterocycles. The Balaban J connectivity index is 2.29. The number of pyridine rings is 1. The van der Waals surface area contributed by atoms with Crippen LogP contribution in [0.5, 0.6) is 0 Å². The minimum atomic E-state index is 0.322. The van der Waals surface area contributed by atoms with Crippen LogP contribution in [0.4, 0.5) is 0 Å². The van der Waals surface area contributed by atoms with E-state index in [0.29, 0.717) is 11.3 Å². The highest BCUT2D eigenvalue weighted by atomic mass is 35.5. The van der Waals surface area contributed by atoms with Gasteiger partial charge in [-0.05, 0) is 37.0 Å². The summed E-state index contributed by atoms with van der Waals surface area (Å²) in [6.45, 7) is 2.14. The van der Waals surface area contributed by atoms with Gasteiger partial charge in [0.05, 0.1) is 0 Å². The number of hydrogen-bond acceptors (Lipinski definition) is 1. The van der Waals surface area contributed by atoms with Crippen LogP contribution in [0, 0.1) is 6.92 Å². The summed E-state index contributed by atoms with van der Waals surface area (Å²) in [6.07, 6.45) is 7.45. The third-order valence-corrected chi connectivity index (χ3v) is 3.43. The van der Waals surface area contributed by atoms with Gasteiger partial charge in [-0.1, -0.05) is 6.42 Å². The van der Waals surface area contributed by atoms with Gasteiger partial charge in [0.25, 0.3) is 0 Å². The first-order chi connectivity index (χ1) is 6.29. The zero-order valence-electron chi connectivity index (χ0n) is 7.83. The second-order valence-electron chi connectivity index (χ2n) is 3.79. The van der Waals surface area contributed by atoms with Crippen LogP contribution in [0.15, 0.2) is 18.5 Å². The summed E-state index contributed by atoms with van der Waals surface area (Å²) in [7, 11) is 0. The van der Waals surface area contributed by atoms with E-state index in [0.717, 1.165) is 6.42 Å². The molecule has 2 atom stereocenters. The van der Waals surface area contributed by atoms with E-state index in [1.54, 1.807) is 0 Å². The SMILES string of the molecule is Cc1ccncc1C1CCCC1Cl. The standard InChI is InChI=1S/C11H14ClN/c1-8-5-6-13-7-10(8)9-3-2-4-11(9)12/h5-7,9,11H,2-4H2,1H3. The lowest BCUT2D eigenvalue weighted by molar-refractivity contribution is 0.720. The highest BCUT2D eigenvalue weighted by Crippen LogP contribution is 2.38. The molecule has 0 saturated heterocycles. The predicted octanol–water partition coefficient (Wildman–Crippen LogP) is 3.26. The molecule has 0 aromatic carbocycles. The summed E-state index contributed by atoms with van der Waals surface area (Å²) < 4.78 is 0. The van der Waals surface area contributed by atoms with Crippen molar-refractivity contribution >= 4 is 11.6 Å². The zero-order chi connectivity index (χ0) is 9.26. The summed E-state index contributed by atoms with van der Waals surface area (Å²) in [6, 6.07) is 2.07. The molecular weight excluding hydrogens is 182 g/mol. The molecule has 0 amide bonds. The summed E-state index contributed by atoms with van der Waals surface area (Å²) >= 11 is 6.26. The molecule has 1 aliphatic carbocycles. The molecule has 2 rings (SSSR count). The van der Waals surface area contributed by atoms with Gasteiger partial charge < -0.3 is 0 Å². The molecule has 0 N–H and O–H groups in total. The Hall–Kier alpha value is -0.560. The van der Waals surface area contributed by atoms with Gasteiger partial charge in [0.15, 0.2) is 0 Å². The largest absolute Gasteiger partial charge is 0.264 e. The minimum Gasteiger partial charge on any atom is -0.264 e. The van der Waals surface area contributed by atoms with Crippen molar-refractivity contribution in [1.29, 1.82) is 0 Å². The molecule has 1 saturated carbocycles. The van der Waals surface area contributed by atoms with Crippen LogP contribution < -0.4 is 0 Å².